The van der Waals surface area contributed by atoms with Crippen LogP contribution < -0.4 is 0 Å². The molecule has 0 spiro atoms. The highest BCUT2D eigenvalue weighted by Gasteiger charge is 2.16. The van der Waals surface area contributed by atoms with Crippen molar-refractivity contribution in [3.63, 3.8) is 0 Å². The molecule has 0 unspecified atom stereocenters. The third kappa shape index (κ3) is 2.98. The molecule has 0 fully saturated rings. The van der Waals surface area contributed by atoms with Crippen LogP contribution in [0, 0.1) is 0 Å². The molecule has 0 amide bonds. The van der Waals surface area contributed by atoms with Crippen LogP contribution in [0.2, 0.25) is 0 Å². The van der Waals surface area contributed by atoms with Crippen LogP contribution >= 0.6 is 0 Å². The van der Waals surface area contributed by atoms with Crippen molar-refractivity contribution in [2.75, 3.05) is 0 Å². The van der Waals surface area contributed by atoms with E-state index in [-0.39, 0.29) is 17.2 Å². The predicted molar refractivity (Wildman–Crippen MR) is 135 cm³/mol. The first kappa shape index (κ1) is 19.2. The van der Waals surface area contributed by atoms with Gasteiger partial charge in [0.25, 0.3) is 0 Å². The van der Waals surface area contributed by atoms with Crippen molar-refractivity contribution in [2.45, 2.75) is 0 Å². The first-order valence-electron chi connectivity index (χ1n) is 10.8. The third-order valence-corrected chi connectivity index (χ3v) is 6.37. The molecule has 0 radical (unpaired) electrons. The second-order valence-corrected chi connectivity index (χ2v) is 8.25. The Morgan fingerprint density at radius 1 is 0.394 bits per heavy atom. The minimum atomic E-state index is 0.199. The van der Waals surface area contributed by atoms with Gasteiger partial charge in [0, 0.05) is 10.8 Å². The number of hydrogen-bond acceptors (Lipinski definition) is 3. The zero-order valence-corrected chi connectivity index (χ0v) is 17.7. The zero-order chi connectivity index (χ0) is 22.5. The van der Waals surface area contributed by atoms with E-state index in [0.717, 1.165) is 54.6 Å². The lowest BCUT2D eigenvalue weighted by atomic mass is 9.88. The van der Waals surface area contributed by atoms with Gasteiger partial charge >= 0.3 is 0 Å². The van der Waals surface area contributed by atoms with Crippen LogP contribution in [0.1, 0.15) is 0 Å². The first-order chi connectivity index (χ1) is 16.1. The highest BCUT2D eigenvalue weighted by atomic mass is 16.3. The summed E-state index contributed by atoms with van der Waals surface area (Å²) >= 11 is 0. The van der Waals surface area contributed by atoms with E-state index >= 15 is 0 Å². The van der Waals surface area contributed by atoms with Crippen molar-refractivity contribution in [3.8, 4) is 39.5 Å². The van der Waals surface area contributed by atoms with E-state index in [2.05, 4.69) is 6.07 Å². The maximum Gasteiger partial charge on any atom is 0.124 e. The summed E-state index contributed by atoms with van der Waals surface area (Å²) in [6.07, 6.45) is 0. The van der Waals surface area contributed by atoms with Gasteiger partial charge < -0.3 is 15.3 Å². The SMILES string of the molecule is Oc1ccc2cccc(-c3ccc(-c4ccc(O)c5ccccc45)c4c(O)cccc34)c2c1. The molecule has 0 atom stereocenters. The second-order valence-electron chi connectivity index (χ2n) is 8.25. The fourth-order valence-electron chi connectivity index (χ4n) is 4.86. The summed E-state index contributed by atoms with van der Waals surface area (Å²) in [4.78, 5) is 0. The van der Waals surface area contributed by atoms with Crippen molar-refractivity contribution in [1.82, 2.24) is 0 Å². The van der Waals surface area contributed by atoms with Crippen LogP contribution in [-0.4, -0.2) is 15.3 Å². The van der Waals surface area contributed by atoms with Gasteiger partial charge in [-0.05, 0) is 68.1 Å². The molecule has 0 saturated heterocycles. The molecule has 0 aliphatic heterocycles. The summed E-state index contributed by atoms with van der Waals surface area (Å²) in [6.45, 7) is 0. The summed E-state index contributed by atoms with van der Waals surface area (Å²) in [5.74, 6) is 0.647. The monoisotopic (exact) mass is 428 g/mol. The number of aromatic hydroxyl groups is 3. The summed E-state index contributed by atoms with van der Waals surface area (Å²) in [5, 5.41) is 36.8. The Balaban J connectivity index is 1.70. The second kappa shape index (κ2) is 7.28. The number of benzene rings is 6. The maximum atomic E-state index is 11.0. The Labute approximate surface area is 190 Å². The van der Waals surface area contributed by atoms with Gasteiger partial charge in [0.05, 0.1) is 0 Å². The van der Waals surface area contributed by atoms with Crippen molar-refractivity contribution < 1.29 is 15.3 Å². The molecule has 6 rings (SSSR count). The molecule has 3 heteroatoms. The van der Waals surface area contributed by atoms with Gasteiger partial charge in [0.15, 0.2) is 0 Å². The van der Waals surface area contributed by atoms with E-state index in [9.17, 15) is 15.3 Å². The van der Waals surface area contributed by atoms with E-state index in [1.165, 1.54) is 0 Å². The lowest BCUT2D eigenvalue weighted by Crippen LogP contribution is -1.89. The number of phenols is 3. The lowest BCUT2D eigenvalue weighted by Gasteiger charge is -2.16. The number of rotatable bonds is 2. The van der Waals surface area contributed by atoms with Gasteiger partial charge in [-0.2, -0.15) is 0 Å². The van der Waals surface area contributed by atoms with Crippen molar-refractivity contribution >= 4 is 32.3 Å². The van der Waals surface area contributed by atoms with Crippen molar-refractivity contribution in [1.29, 1.82) is 0 Å². The smallest absolute Gasteiger partial charge is 0.124 e. The van der Waals surface area contributed by atoms with Gasteiger partial charge in [-0.3, -0.25) is 0 Å². The summed E-state index contributed by atoms with van der Waals surface area (Å²) in [7, 11) is 0. The first-order valence-corrected chi connectivity index (χ1v) is 10.8. The molecule has 0 aliphatic rings. The van der Waals surface area contributed by atoms with E-state index in [1.807, 2.05) is 72.8 Å². The molecule has 0 saturated carbocycles. The average molecular weight is 428 g/mol. The van der Waals surface area contributed by atoms with Crippen LogP contribution in [-0.2, 0) is 0 Å². The lowest BCUT2D eigenvalue weighted by molar-refractivity contribution is 0.476. The summed E-state index contributed by atoms with van der Waals surface area (Å²) < 4.78 is 0. The van der Waals surface area contributed by atoms with Crippen molar-refractivity contribution in [2.24, 2.45) is 0 Å². The molecule has 33 heavy (non-hydrogen) atoms. The molecular formula is C30H20O3. The Morgan fingerprint density at radius 3 is 1.94 bits per heavy atom. The Bertz CT molecular complexity index is 1700. The third-order valence-electron chi connectivity index (χ3n) is 6.37. The molecule has 3 N–H and O–H groups in total. The van der Waals surface area contributed by atoms with Crippen molar-refractivity contribution in [3.05, 3.63) is 103 Å². The molecule has 6 aromatic rings. The van der Waals surface area contributed by atoms with E-state index in [1.54, 1.807) is 24.3 Å². The van der Waals surface area contributed by atoms with Crippen LogP contribution in [0.15, 0.2) is 103 Å². The fourth-order valence-corrected chi connectivity index (χ4v) is 4.86. The minimum Gasteiger partial charge on any atom is -0.508 e. The van der Waals surface area contributed by atoms with Crippen LogP contribution in [0.4, 0.5) is 0 Å². The Morgan fingerprint density at radius 2 is 1.06 bits per heavy atom. The highest BCUT2D eigenvalue weighted by molar-refractivity contribution is 6.14. The predicted octanol–water partition coefficient (Wildman–Crippen LogP) is 7.60. The summed E-state index contributed by atoms with van der Waals surface area (Å²) in [5.41, 5.74) is 3.80. The highest BCUT2D eigenvalue weighted by Crippen LogP contribution is 2.44. The molecule has 0 aromatic heterocycles. The number of fused-ring (bicyclic) bond motifs is 3. The van der Waals surface area contributed by atoms with E-state index < -0.39 is 0 Å². The largest absolute Gasteiger partial charge is 0.508 e. The van der Waals surface area contributed by atoms with Gasteiger partial charge in [0.2, 0.25) is 0 Å². The topological polar surface area (TPSA) is 60.7 Å². The quantitative estimate of drug-likeness (QED) is 0.266. The van der Waals surface area contributed by atoms with E-state index in [4.69, 9.17) is 0 Å². The van der Waals surface area contributed by atoms with E-state index in [0.29, 0.717) is 0 Å². The molecule has 158 valence electrons. The zero-order valence-electron chi connectivity index (χ0n) is 17.7. The number of hydrogen-bond donors (Lipinski definition) is 3. The molecular weight excluding hydrogens is 408 g/mol. The van der Waals surface area contributed by atoms with Gasteiger partial charge in [0.1, 0.15) is 17.2 Å². The fraction of sp³-hybridized carbons (Fsp3) is 0. The Kier molecular flexibility index (Phi) is 4.24. The normalized spacial score (nSPS) is 11.4. The Hall–Kier alpha value is -4.50. The minimum absolute atomic E-state index is 0.199. The van der Waals surface area contributed by atoms with Gasteiger partial charge in [-0.15, -0.1) is 0 Å². The molecule has 0 heterocycles. The number of phenolic OH excluding ortho intramolecular Hbond substituents is 3. The standard InChI is InChI=1S/C30H20O3/c31-19-12-11-18-5-3-8-21(27(18)17-19)22-13-14-26(30-25(22)9-4-10-29(30)33)23-15-16-28(32)24-7-2-1-6-20(23)24/h1-17,31-33H. The molecule has 6 aromatic carbocycles. The van der Waals surface area contributed by atoms with Gasteiger partial charge in [-0.25, -0.2) is 0 Å². The average Bonchev–Trinajstić information content (AvgIpc) is 2.84. The van der Waals surface area contributed by atoms with Gasteiger partial charge in [-0.1, -0.05) is 78.9 Å². The van der Waals surface area contributed by atoms with Crippen LogP contribution in [0.25, 0.3) is 54.6 Å². The molecule has 3 nitrogen and oxygen atoms in total. The van der Waals surface area contributed by atoms with Crippen LogP contribution in [0.5, 0.6) is 17.2 Å². The van der Waals surface area contributed by atoms with Crippen LogP contribution in [0.3, 0.4) is 0 Å². The maximum absolute atomic E-state index is 11.0. The summed E-state index contributed by atoms with van der Waals surface area (Å²) in [6, 6.07) is 32.4. The molecule has 0 aliphatic carbocycles. The molecule has 0 bridgehead atoms.